The first kappa shape index (κ1) is 12.0. The Labute approximate surface area is 109 Å². The van der Waals surface area contributed by atoms with E-state index in [1.807, 2.05) is 7.11 Å². The molecular weight excluding hydrogens is 224 g/mol. The summed E-state index contributed by atoms with van der Waals surface area (Å²) in [7, 11) is 1.85. The second-order valence-corrected chi connectivity index (χ2v) is 5.52. The van der Waals surface area contributed by atoms with E-state index >= 15 is 0 Å². The number of hydrogen-bond acceptors (Lipinski definition) is 3. The fourth-order valence-corrected chi connectivity index (χ4v) is 3.41. The molecule has 98 valence electrons. The number of nitrogens with one attached hydrogen (secondary N) is 1. The molecule has 1 unspecified atom stereocenters. The van der Waals surface area contributed by atoms with Crippen molar-refractivity contribution in [3.63, 3.8) is 0 Å². The molecule has 1 atom stereocenters. The molecule has 3 rings (SSSR count). The fourth-order valence-electron chi connectivity index (χ4n) is 3.41. The Hall–Kier alpha value is -1.06. The van der Waals surface area contributed by atoms with Gasteiger partial charge in [0.1, 0.15) is 0 Å². The van der Waals surface area contributed by atoms with Crippen LogP contribution >= 0.6 is 0 Å². The highest BCUT2D eigenvalue weighted by molar-refractivity contribution is 5.55. The topological polar surface area (TPSA) is 24.5 Å². The first-order chi connectivity index (χ1) is 8.76. The van der Waals surface area contributed by atoms with Crippen LogP contribution in [-0.4, -0.2) is 38.4 Å². The lowest BCUT2D eigenvalue weighted by Gasteiger charge is -2.61. The second-order valence-electron chi connectivity index (χ2n) is 5.52. The molecule has 2 aliphatic rings. The molecule has 0 aromatic heterocycles. The summed E-state index contributed by atoms with van der Waals surface area (Å²) in [6.07, 6.45) is 2.75. The molecule has 1 spiro atoms. The van der Waals surface area contributed by atoms with E-state index in [0.717, 1.165) is 19.6 Å². The highest BCUT2D eigenvalue weighted by atomic mass is 16.5. The Balaban J connectivity index is 1.86. The molecule has 0 bridgehead atoms. The number of anilines is 1. The van der Waals surface area contributed by atoms with Gasteiger partial charge in [-0.25, -0.2) is 0 Å². The number of hydrogen-bond donors (Lipinski definition) is 1. The normalized spacial score (nSPS) is 26.1. The maximum atomic E-state index is 5.69. The van der Waals surface area contributed by atoms with Crippen molar-refractivity contribution in [3.05, 3.63) is 29.8 Å². The van der Waals surface area contributed by atoms with Crippen LogP contribution in [0, 0.1) is 6.92 Å². The zero-order valence-electron chi connectivity index (χ0n) is 11.3. The summed E-state index contributed by atoms with van der Waals surface area (Å²) >= 11 is 0. The predicted molar refractivity (Wildman–Crippen MR) is 74.2 cm³/mol. The Kier molecular flexibility index (Phi) is 3.04. The second kappa shape index (κ2) is 4.56. The molecule has 0 amide bonds. The third-order valence-corrected chi connectivity index (χ3v) is 4.58. The lowest BCUT2D eigenvalue weighted by molar-refractivity contribution is -0.0310. The van der Waals surface area contributed by atoms with Gasteiger partial charge in [0.25, 0.3) is 0 Å². The summed E-state index contributed by atoms with van der Waals surface area (Å²) in [5.74, 6) is 0. The van der Waals surface area contributed by atoms with E-state index in [1.165, 1.54) is 24.1 Å². The number of methoxy groups -OCH3 is 1. The number of ether oxygens (including phenoxy) is 1. The lowest BCUT2D eigenvalue weighted by atomic mass is 9.73. The molecule has 0 radical (unpaired) electrons. The van der Waals surface area contributed by atoms with Gasteiger partial charge in [-0.1, -0.05) is 17.7 Å². The molecule has 0 saturated carbocycles. The van der Waals surface area contributed by atoms with Crippen LogP contribution in [0.5, 0.6) is 0 Å². The summed E-state index contributed by atoms with van der Waals surface area (Å²) in [5, 5.41) is 3.45. The van der Waals surface area contributed by atoms with Gasteiger partial charge in [0.15, 0.2) is 0 Å². The summed E-state index contributed by atoms with van der Waals surface area (Å²) in [5.41, 5.74) is 2.90. The quantitative estimate of drug-likeness (QED) is 0.863. The van der Waals surface area contributed by atoms with Crippen LogP contribution in [0.3, 0.4) is 0 Å². The van der Waals surface area contributed by atoms with E-state index in [1.54, 1.807) is 0 Å². The maximum Gasteiger partial charge on any atom is 0.0978 e. The Morgan fingerprint density at radius 3 is 2.50 bits per heavy atom. The van der Waals surface area contributed by atoms with Crippen LogP contribution in [0.25, 0.3) is 0 Å². The van der Waals surface area contributed by atoms with Crippen molar-refractivity contribution in [2.75, 3.05) is 31.6 Å². The molecule has 2 aliphatic heterocycles. The third kappa shape index (κ3) is 1.73. The van der Waals surface area contributed by atoms with Crippen molar-refractivity contribution in [1.29, 1.82) is 0 Å². The van der Waals surface area contributed by atoms with Gasteiger partial charge in [-0.3, -0.25) is 0 Å². The van der Waals surface area contributed by atoms with E-state index in [2.05, 4.69) is 41.4 Å². The molecule has 2 saturated heterocycles. The predicted octanol–water partition coefficient (Wildman–Crippen LogP) is 1.95. The molecule has 2 heterocycles. The van der Waals surface area contributed by atoms with Crippen molar-refractivity contribution in [2.45, 2.75) is 31.4 Å². The van der Waals surface area contributed by atoms with Crippen molar-refractivity contribution >= 4 is 5.69 Å². The Bertz CT molecular complexity index is 409. The van der Waals surface area contributed by atoms with Crippen LogP contribution in [0.2, 0.25) is 0 Å². The van der Waals surface area contributed by atoms with Crippen LogP contribution in [0.1, 0.15) is 18.4 Å². The fraction of sp³-hybridized carbons (Fsp3) is 0.600. The lowest BCUT2D eigenvalue weighted by Crippen LogP contribution is -2.74. The smallest absolute Gasteiger partial charge is 0.0978 e. The molecule has 3 heteroatoms. The Morgan fingerprint density at radius 1 is 1.22 bits per heavy atom. The SMILES string of the molecule is COC1CN(c2ccc(C)cc2)C12CCNCC2. The van der Waals surface area contributed by atoms with Gasteiger partial charge in [0.2, 0.25) is 0 Å². The van der Waals surface area contributed by atoms with Crippen LogP contribution in [0.15, 0.2) is 24.3 Å². The molecule has 0 aliphatic carbocycles. The number of rotatable bonds is 2. The average molecular weight is 246 g/mol. The minimum atomic E-state index is 0.231. The van der Waals surface area contributed by atoms with Crippen LogP contribution < -0.4 is 10.2 Å². The monoisotopic (exact) mass is 246 g/mol. The van der Waals surface area contributed by atoms with E-state index in [9.17, 15) is 0 Å². The standard InChI is InChI=1S/C15H22N2O/c1-12-3-5-13(6-4-12)17-11-14(18-2)15(17)7-9-16-10-8-15/h3-6,14,16H,7-11H2,1-2H3. The van der Waals surface area contributed by atoms with Gasteiger partial charge in [0.05, 0.1) is 11.6 Å². The number of piperidine rings is 1. The highest BCUT2D eigenvalue weighted by Gasteiger charge is 2.53. The number of nitrogens with zero attached hydrogens (tertiary/aromatic N) is 1. The molecular formula is C15H22N2O. The van der Waals surface area contributed by atoms with Gasteiger partial charge >= 0.3 is 0 Å². The van der Waals surface area contributed by atoms with E-state index in [0.29, 0.717) is 6.10 Å². The van der Waals surface area contributed by atoms with Gasteiger partial charge in [-0.15, -0.1) is 0 Å². The first-order valence-electron chi connectivity index (χ1n) is 6.84. The van der Waals surface area contributed by atoms with E-state index in [-0.39, 0.29) is 5.54 Å². The maximum absolute atomic E-state index is 5.69. The number of aryl methyl sites for hydroxylation is 1. The van der Waals surface area contributed by atoms with Gasteiger partial charge in [-0.2, -0.15) is 0 Å². The van der Waals surface area contributed by atoms with Gasteiger partial charge in [0, 0.05) is 19.3 Å². The van der Waals surface area contributed by atoms with E-state index < -0.39 is 0 Å². The average Bonchev–Trinajstić information content (AvgIpc) is 2.41. The minimum absolute atomic E-state index is 0.231. The third-order valence-electron chi connectivity index (χ3n) is 4.58. The highest BCUT2D eigenvalue weighted by Crippen LogP contribution is 2.43. The summed E-state index contributed by atoms with van der Waals surface area (Å²) in [4.78, 5) is 2.54. The van der Waals surface area contributed by atoms with Crippen molar-refractivity contribution < 1.29 is 4.74 Å². The van der Waals surface area contributed by atoms with Gasteiger partial charge < -0.3 is 15.0 Å². The zero-order valence-corrected chi connectivity index (χ0v) is 11.3. The van der Waals surface area contributed by atoms with Gasteiger partial charge in [-0.05, 0) is 45.0 Å². The zero-order chi connectivity index (χ0) is 12.6. The van der Waals surface area contributed by atoms with Crippen LogP contribution in [0.4, 0.5) is 5.69 Å². The largest absolute Gasteiger partial charge is 0.377 e. The molecule has 3 nitrogen and oxygen atoms in total. The number of benzene rings is 1. The minimum Gasteiger partial charge on any atom is -0.377 e. The van der Waals surface area contributed by atoms with Crippen molar-refractivity contribution in [1.82, 2.24) is 5.32 Å². The summed E-state index contributed by atoms with van der Waals surface area (Å²) in [6, 6.07) is 8.88. The van der Waals surface area contributed by atoms with Crippen molar-refractivity contribution in [2.24, 2.45) is 0 Å². The summed E-state index contributed by atoms with van der Waals surface area (Å²) < 4.78 is 5.69. The Morgan fingerprint density at radius 2 is 1.89 bits per heavy atom. The molecule has 1 aromatic carbocycles. The van der Waals surface area contributed by atoms with E-state index in [4.69, 9.17) is 4.74 Å². The molecule has 1 N–H and O–H groups in total. The molecule has 18 heavy (non-hydrogen) atoms. The summed E-state index contributed by atoms with van der Waals surface area (Å²) in [6.45, 7) is 5.36. The molecule has 1 aromatic rings. The first-order valence-corrected chi connectivity index (χ1v) is 6.84. The van der Waals surface area contributed by atoms with Crippen LogP contribution in [-0.2, 0) is 4.74 Å². The molecule has 2 fully saturated rings. The van der Waals surface area contributed by atoms with Crippen molar-refractivity contribution in [3.8, 4) is 0 Å².